The van der Waals surface area contributed by atoms with Crippen LogP contribution >= 0.6 is 15.8 Å². The summed E-state index contributed by atoms with van der Waals surface area (Å²) in [6.45, 7) is 19.0. The van der Waals surface area contributed by atoms with E-state index in [0.29, 0.717) is 22.6 Å². The van der Waals surface area contributed by atoms with Crippen molar-refractivity contribution in [3.05, 3.63) is 66.7 Å². The van der Waals surface area contributed by atoms with Crippen LogP contribution in [-0.4, -0.2) is 22.6 Å². The first kappa shape index (κ1) is 25.9. The fraction of sp³-hybridized carbons (Fsp3) is 0.400. The van der Waals surface area contributed by atoms with E-state index in [9.17, 15) is 0 Å². The van der Waals surface area contributed by atoms with Gasteiger partial charge in [0.15, 0.2) is 0 Å². The van der Waals surface area contributed by atoms with Gasteiger partial charge in [-0.15, -0.1) is 0 Å². The van der Waals surface area contributed by atoms with Gasteiger partial charge in [-0.1, -0.05) is 132 Å². The topological polar surface area (TPSA) is 26.0 Å². The maximum absolute atomic E-state index is 6.77. The molecular weight excluding hydrogens is 436 g/mol. The Bertz CT molecular complexity index is 1050. The zero-order chi connectivity index (χ0) is 24.3. The van der Waals surface area contributed by atoms with Crippen LogP contribution in [0.2, 0.25) is 0 Å². The van der Waals surface area contributed by atoms with Crippen LogP contribution in [0.15, 0.2) is 66.7 Å². The molecule has 0 bridgehead atoms. The van der Waals surface area contributed by atoms with Crippen molar-refractivity contribution in [1.29, 1.82) is 0 Å². The molecule has 0 aliphatic carbocycles. The van der Waals surface area contributed by atoms with Gasteiger partial charge in [0, 0.05) is 11.3 Å². The van der Waals surface area contributed by atoms with E-state index in [1.54, 1.807) is 0 Å². The SMILES string of the molecule is CC(C)P(c1ccccc1-c1cccc(N)c1-c1ccccc1P(C(C)C)C(C)C)C(C)C. The van der Waals surface area contributed by atoms with E-state index in [0.717, 1.165) is 5.69 Å². The monoisotopic (exact) mass is 477 g/mol. The van der Waals surface area contributed by atoms with Crippen molar-refractivity contribution < 1.29 is 0 Å². The Morgan fingerprint density at radius 1 is 0.485 bits per heavy atom. The Kier molecular flexibility index (Phi) is 8.77. The lowest BCUT2D eigenvalue weighted by molar-refractivity contribution is 1.02. The maximum Gasteiger partial charge on any atom is 0.0400 e. The highest BCUT2D eigenvalue weighted by Gasteiger charge is 2.26. The highest BCUT2D eigenvalue weighted by molar-refractivity contribution is 7.67. The second-order valence-corrected chi connectivity index (χ2v) is 16.7. The molecule has 176 valence electrons. The predicted octanol–water partition coefficient (Wildman–Crippen LogP) is 8.45. The van der Waals surface area contributed by atoms with Crippen LogP contribution in [0.1, 0.15) is 55.4 Å². The molecule has 33 heavy (non-hydrogen) atoms. The fourth-order valence-corrected chi connectivity index (χ4v) is 11.3. The molecule has 0 aliphatic rings. The zero-order valence-corrected chi connectivity index (χ0v) is 23.4. The Balaban J connectivity index is 2.32. The Hall–Kier alpha value is -1.68. The van der Waals surface area contributed by atoms with Crippen LogP contribution in [0.4, 0.5) is 5.69 Å². The third kappa shape index (κ3) is 5.53. The third-order valence-corrected chi connectivity index (χ3v) is 12.6. The van der Waals surface area contributed by atoms with E-state index < -0.39 is 0 Å². The smallest absolute Gasteiger partial charge is 0.0400 e. The lowest BCUT2D eigenvalue weighted by Gasteiger charge is -2.31. The van der Waals surface area contributed by atoms with Crippen molar-refractivity contribution >= 4 is 32.1 Å². The molecule has 0 aromatic heterocycles. The molecule has 3 aromatic rings. The highest BCUT2D eigenvalue weighted by atomic mass is 31.1. The Labute approximate surface area is 204 Å². The van der Waals surface area contributed by atoms with Gasteiger partial charge in [-0.3, -0.25) is 0 Å². The molecule has 3 rings (SSSR count). The van der Waals surface area contributed by atoms with Crippen molar-refractivity contribution in [2.75, 3.05) is 5.73 Å². The number of hydrogen-bond acceptors (Lipinski definition) is 1. The van der Waals surface area contributed by atoms with Gasteiger partial charge in [-0.25, -0.2) is 0 Å². The predicted molar refractivity (Wildman–Crippen MR) is 155 cm³/mol. The average Bonchev–Trinajstić information content (AvgIpc) is 2.74. The highest BCUT2D eigenvalue weighted by Crippen LogP contribution is 2.51. The summed E-state index contributed by atoms with van der Waals surface area (Å²) in [5, 5.41) is 2.97. The van der Waals surface area contributed by atoms with Crippen molar-refractivity contribution in [3.8, 4) is 22.3 Å². The molecule has 0 unspecified atom stereocenters. The number of rotatable bonds is 8. The summed E-state index contributed by atoms with van der Waals surface area (Å²) in [4.78, 5) is 0. The van der Waals surface area contributed by atoms with Crippen molar-refractivity contribution in [3.63, 3.8) is 0 Å². The number of hydrogen-bond donors (Lipinski definition) is 1. The molecular formula is C30H41NP2. The molecule has 0 saturated heterocycles. The lowest BCUT2D eigenvalue weighted by atomic mass is 9.93. The summed E-state index contributed by atoms with van der Waals surface area (Å²) in [6.07, 6.45) is 0. The van der Waals surface area contributed by atoms with E-state index >= 15 is 0 Å². The average molecular weight is 478 g/mol. The molecule has 0 saturated carbocycles. The minimum Gasteiger partial charge on any atom is -0.398 e. The molecule has 0 aliphatic heterocycles. The molecule has 3 aromatic carbocycles. The van der Waals surface area contributed by atoms with Crippen molar-refractivity contribution in [1.82, 2.24) is 0 Å². The van der Waals surface area contributed by atoms with Gasteiger partial charge in [0.25, 0.3) is 0 Å². The number of anilines is 1. The molecule has 0 spiro atoms. The number of benzene rings is 3. The fourth-order valence-electron chi connectivity index (χ4n) is 5.24. The van der Waals surface area contributed by atoms with Gasteiger partial charge >= 0.3 is 0 Å². The molecule has 3 heteroatoms. The Morgan fingerprint density at radius 2 is 0.879 bits per heavy atom. The van der Waals surface area contributed by atoms with Crippen molar-refractivity contribution in [2.45, 2.75) is 78.0 Å². The van der Waals surface area contributed by atoms with E-state index in [1.165, 1.54) is 32.9 Å². The first-order chi connectivity index (χ1) is 15.6. The van der Waals surface area contributed by atoms with Gasteiger partial charge in [-0.2, -0.15) is 0 Å². The molecule has 2 N–H and O–H groups in total. The summed E-state index contributed by atoms with van der Waals surface area (Å²) in [5.41, 5.74) is 15.3. The van der Waals surface area contributed by atoms with E-state index in [2.05, 4.69) is 122 Å². The Morgan fingerprint density at radius 3 is 1.36 bits per heavy atom. The summed E-state index contributed by atoms with van der Waals surface area (Å²) in [5.74, 6) is 0. The van der Waals surface area contributed by atoms with E-state index in [1.807, 2.05) is 0 Å². The zero-order valence-electron chi connectivity index (χ0n) is 21.6. The minimum atomic E-state index is -0.304. The standard InChI is InChI=1S/C30H41NP2/c1-20(2)32(21(3)4)28-18-11-9-14-24(28)25-16-13-17-27(31)30(25)26-15-10-12-19-29(26)33(22(5)6)23(7)8/h9-23H,31H2,1-8H3. The van der Waals surface area contributed by atoms with Gasteiger partial charge in [-0.05, 0) is 56.0 Å². The van der Waals surface area contributed by atoms with E-state index in [-0.39, 0.29) is 15.8 Å². The normalized spacial score (nSPS) is 12.2. The number of nitrogen functional groups attached to an aromatic ring is 1. The van der Waals surface area contributed by atoms with Crippen LogP contribution < -0.4 is 16.3 Å². The molecule has 0 fully saturated rings. The van der Waals surface area contributed by atoms with Crippen LogP contribution in [0.3, 0.4) is 0 Å². The van der Waals surface area contributed by atoms with Gasteiger partial charge in [0.1, 0.15) is 0 Å². The molecule has 0 heterocycles. The minimum absolute atomic E-state index is 0.287. The maximum atomic E-state index is 6.77. The quantitative estimate of drug-likeness (QED) is 0.256. The largest absolute Gasteiger partial charge is 0.398 e. The van der Waals surface area contributed by atoms with Crippen LogP contribution in [0.5, 0.6) is 0 Å². The molecule has 1 nitrogen and oxygen atoms in total. The van der Waals surface area contributed by atoms with Gasteiger partial charge in [0.05, 0.1) is 0 Å². The summed E-state index contributed by atoms with van der Waals surface area (Å²) in [7, 11) is -0.591. The molecule has 0 radical (unpaired) electrons. The number of nitrogens with two attached hydrogens (primary N) is 1. The van der Waals surface area contributed by atoms with Crippen molar-refractivity contribution in [2.24, 2.45) is 0 Å². The van der Waals surface area contributed by atoms with Gasteiger partial charge < -0.3 is 5.73 Å². The summed E-state index contributed by atoms with van der Waals surface area (Å²) in [6, 6.07) is 24.5. The van der Waals surface area contributed by atoms with Crippen LogP contribution in [0.25, 0.3) is 22.3 Å². The van der Waals surface area contributed by atoms with Gasteiger partial charge in [0.2, 0.25) is 0 Å². The first-order valence-electron chi connectivity index (χ1n) is 12.3. The van der Waals surface area contributed by atoms with E-state index in [4.69, 9.17) is 5.73 Å². The third-order valence-electron chi connectivity index (χ3n) is 6.25. The summed E-state index contributed by atoms with van der Waals surface area (Å²) < 4.78 is 0. The lowest BCUT2D eigenvalue weighted by Crippen LogP contribution is -2.19. The molecule has 0 amide bonds. The summed E-state index contributed by atoms with van der Waals surface area (Å²) >= 11 is 0. The second kappa shape index (κ2) is 11.2. The second-order valence-electron chi connectivity index (χ2n) is 9.99. The first-order valence-corrected chi connectivity index (χ1v) is 15.2. The molecule has 0 atom stereocenters. The van der Waals surface area contributed by atoms with Crippen LogP contribution in [0, 0.1) is 0 Å². The van der Waals surface area contributed by atoms with Crippen LogP contribution in [-0.2, 0) is 0 Å².